The Labute approximate surface area is 148 Å². The largest absolute Gasteiger partial charge is 0.367 e. The minimum Gasteiger partial charge on any atom is -0.367 e. The highest BCUT2D eigenvalue weighted by atomic mass is 16.6. The summed E-state index contributed by atoms with van der Waals surface area (Å²) in [5.74, 6) is 1.50. The van der Waals surface area contributed by atoms with Gasteiger partial charge in [-0.1, -0.05) is 18.2 Å². The first kappa shape index (κ1) is 14.8. The first-order valence-corrected chi connectivity index (χ1v) is 9.75. The summed E-state index contributed by atoms with van der Waals surface area (Å²) < 4.78 is 9.39. The molecule has 25 heavy (non-hydrogen) atoms. The van der Waals surface area contributed by atoms with Gasteiger partial charge in [0.25, 0.3) is 0 Å². The Bertz CT molecular complexity index is 887. The number of hydrogen-bond donors (Lipinski definition) is 1. The monoisotopic (exact) mass is 339 g/mol. The zero-order valence-corrected chi connectivity index (χ0v) is 15.2. The number of aliphatic hydroxyl groups is 1. The van der Waals surface area contributed by atoms with E-state index < -0.39 is 6.29 Å². The standard InChI is InChI=1S/C21H27N2O2/c1-11-19-13-8-18-20-14(12-6-4-5-7-16(12)22(20)2)9-17(23(11,18)3)15(13)10-25-21(19)24/h4-7,11,13,15,17-19,21,24H,8-10H2,1-3H3/q+1/t11-,13+,15+,17-,18-,19+,21+,23+/m0/s1. The third kappa shape index (κ3) is 1.48. The quantitative estimate of drug-likeness (QED) is 0.749. The summed E-state index contributed by atoms with van der Waals surface area (Å²) in [6.07, 6.45) is 1.79. The van der Waals surface area contributed by atoms with Crippen LogP contribution in [0.5, 0.6) is 0 Å². The molecule has 7 rings (SSSR count). The number of nitrogens with zero attached hydrogens (tertiary/aromatic N) is 2. The second kappa shape index (κ2) is 4.48. The lowest BCUT2D eigenvalue weighted by Crippen LogP contribution is -2.78. The summed E-state index contributed by atoms with van der Waals surface area (Å²) in [6, 6.07) is 10.5. The lowest BCUT2D eigenvalue weighted by atomic mass is 9.56. The number of hydrogen-bond acceptors (Lipinski definition) is 2. The van der Waals surface area contributed by atoms with Gasteiger partial charge < -0.3 is 18.9 Å². The van der Waals surface area contributed by atoms with Gasteiger partial charge in [0.2, 0.25) is 0 Å². The minimum absolute atomic E-state index is 0.299. The van der Waals surface area contributed by atoms with Gasteiger partial charge in [0, 0.05) is 36.7 Å². The third-order valence-electron chi connectivity index (χ3n) is 8.63. The fraction of sp³-hybridized carbons (Fsp3) is 0.619. The Balaban J connectivity index is 1.62. The van der Waals surface area contributed by atoms with Gasteiger partial charge in [-0.25, -0.2) is 0 Å². The average molecular weight is 339 g/mol. The van der Waals surface area contributed by atoms with E-state index >= 15 is 0 Å². The Morgan fingerprint density at radius 2 is 2.04 bits per heavy atom. The van der Waals surface area contributed by atoms with E-state index in [9.17, 15) is 5.11 Å². The van der Waals surface area contributed by atoms with Crippen LogP contribution < -0.4 is 0 Å². The maximum Gasteiger partial charge on any atom is 0.163 e. The molecule has 0 radical (unpaired) electrons. The number of rotatable bonds is 0. The number of fused-ring (bicyclic) bond motifs is 3. The zero-order valence-electron chi connectivity index (χ0n) is 15.2. The van der Waals surface area contributed by atoms with Crippen LogP contribution in [0, 0.1) is 17.8 Å². The van der Waals surface area contributed by atoms with Crippen LogP contribution in [-0.4, -0.2) is 46.2 Å². The number of likely N-dealkylation sites (N-methyl/N-ethyl adjacent to an activating group) is 1. The number of piperidine rings is 3. The van der Waals surface area contributed by atoms with Crippen molar-refractivity contribution >= 4 is 10.9 Å². The van der Waals surface area contributed by atoms with E-state index in [0.717, 1.165) is 17.5 Å². The number of benzene rings is 1. The Morgan fingerprint density at radius 1 is 1.24 bits per heavy atom. The molecule has 132 valence electrons. The van der Waals surface area contributed by atoms with Crippen LogP contribution in [0.4, 0.5) is 0 Å². The predicted molar refractivity (Wildman–Crippen MR) is 95.8 cm³/mol. The van der Waals surface area contributed by atoms with Crippen LogP contribution in [-0.2, 0) is 18.2 Å². The maximum absolute atomic E-state index is 10.5. The first-order valence-electron chi connectivity index (χ1n) is 9.75. The summed E-state index contributed by atoms with van der Waals surface area (Å²) in [5.41, 5.74) is 4.51. The van der Waals surface area contributed by atoms with Crippen molar-refractivity contribution in [1.82, 2.24) is 4.57 Å². The molecular weight excluding hydrogens is 312 g/mol. The molecule has 8 atom stereocenters. The van der Waals surface area contributed by atoms with Crippen LogP contribution in [0.3, 0.4) is 0 Å². The summed E-state index contributed by atoms with van der Waals surface area (Å²) in [5, 5.41) is 12.0. The molecule has 2 aromatic rings. The molecule has 4 fully saturated rings. The van der Waals surface area contributed by atoms with Crippen molar-refractivity contribution in [3.63, 3.8) is 0 Å². The number of aryl methyl sites for hydroxylation is 1. The molecule has 1 aromatic heterocycles. The van der Waals surface area contributed by atoms with Crippen LogP contribution >= 0.6 is 0 Å². The molecule has 4 saturated heterocycles. The fourth-order valence-electron chi connectivity index (χ4n) is 7.41. The van der Waals surface area contributed by atoms with Gasteiger partial charge in [-0.3, -0.25) is 0 Å². The molecule has 1 N–H and O–H groups in total. The Morgan fingerprint density at radius 3 is 2.88 bits per heavy atom. The van der Waals surface area contributed by atoms with Crippen molar-refractivity contribution in [1.29, 1.82) is 0 Å². The van der Waals surface area contributed by atoms with E-state index in [1.165, 1.54) is 17.3 Å². The van der Waals surface area contributed by atoms with Crippen molar-refractivity contribution in [2.45, 2.75) is 44.2 Å². The van der Waals surface area contributed by atoms with Crippen LogP contribution in [0.1, 0.15) is 30.6 Å². The molecule has 6 bridgehead atoms. The van der Waals surface area contributed by atoms with E-state index in [2.05, 4.69) is 49.9 Å². The van der Waals surface area contributed by atoms with Crippen molar-refractivity contribution < 1.29 is 14.3 Å². The fourth-order valence-corrected chi connectivity index (χ4v) is 7.41. The molecule has 0 unspecified atom stereocenters. The highest BCUT2D eigenvalue weighted by molar-refractivity contribution is 5.86. The van der Waals surface area contributed by atoms with Gasteiger partial charge in [0.15, 0.2) is 6.29 Å². The SMILES string of the molecule is C[C@H]1[C@@H]2[C@@H]3C[C@H]4c5c(c6ccccc6n5C)C[C@@H]([C@@H]3CO[C@H]2O)[N@+]41C. The topological polar surface area (TPSA) is 34.4 Å². The van der Waals surface area contributed by atoms with Gasteiger partial charge in [-0.2, -0.15) is 0 Å². The zero-order chi connectivity index (χ0) is 17.1. The van der Waals surface area contributed by atoms with Gasteiger partial charge >= 0.3 is 0 Å². The maximum atomic E-state index is 10.5. The second-order valence-corrected chi connectivity index (χ2v) is 9.05. The van der Waals surface area contributed by atoms with Gasteiger partial charge in [-0.15, -0.1) is 0 Å². The summed E-state index contributed by atoms with van der Waals surface area (Å²) >= 11 is 0. The van der Waals surface area contributed by atoms with Gasteiger partial charge in [0.05, 0.1) is 37.4 Å². The highest BCUT2D eigenvalue weighted by Crippen LogP contribution is 2.62. The van der Waals surface area contributed by atoms with Crippen LogP contribution in [0.15, 0.2) is 24.3 Å². The number of quaternary nitrogens is 1. The first-order chi connectivity index (χ1) is 12.0. The smallest absolute Gasteiger partial charge is 0.163 e. The molecule has 0 saturated carbocycles. The molecule has 0 amide bonds. The summed E-state index contributed by atoms with van der Waals surface area (Å²) in [6.45, 7) is 3.10. The Hall–Kier alpha value is -1.36. The molecular formula is C21H27N2O2+. The van der Waals surface area contributed by atoms with Crippen molar-refractivity contribution in [3.05, 3.63) is 35.5 Å². The van der Waals surface area contributed by atoms with E-state index in [1.54, 1.807) is 11.3 Å². The average Bonchev–Trinajstić information content (AvgIpc) is 2.87. The molecule has 5 aliphatic heterocycles. The van der Waals surface area contributed by atoms with E-state index in [0.29, 0.717) is 35.9 Å². The summed E-state index contributed by atoms with van der Waals surface area (Å²) in [7, 11) is 4.72. The Kier molecular flexibility index (Phi) is 2.65. The van der Waals surface area contributed by atoms with Crippen molar-refractivity contribution in [3.8, 4) is 0 Å². The van der Waals surface area contributed by atoms with Gasteiger partial charge in [0.1, 0.15) is 6.04 Å². The van der Waals surface area contributed by atoms with E-state index in [1.807, 2.05) is 0 Å². The van der Waals surface area contributed by atoms with Gasteiger partial charge in [-0.05, 0) is 24.5 Å². The van der Waals surface area contributed by atoms with E-state index in [4.69, 9.17) is 4.74 Å². The predicted octanol–water partition coefficient (Wildman–Crippen LogP) is 2.59. The molecule has 6 heterocycles. The minimum atomic E-state index is -0.568. The van der Waals surface area contributed by atoms with Crippen molar-refractivity contribution in [2.24, 2.45) is 24.8 Å². The normalized spacial score (nSPS) is 47.1. The van der Waals surface area contributed by atoms with Crippen LogP contribution in [0.2, 0.25) is 0 Å². The van der Waals surface area contributed by atoms with E-state index in [-0.39, 0.29) is 0 Å². The lowest BCUT2D eigenvalue weighted by Gasteiger charge is -2.69. The molecule has 1 aromatic carbocycles. The number of aliphatic hydroxyl groups excluding tert-OH is 1. The second-order valence-electron chi connectivity index (χ2n) is 9.05. The van der Waals surface area contributed by atoms with Crippen LogP contribution in [0.25, 0.3) is 10.9 Å². The molecule has 5 aliphatic rings. The molecule has 0 aliphatic carbocycles. The lowest BCUT2D eigenvalue weighted by molar-refractivity contribution is -1.01. The van der Waals surface area contributed by atoms with Crippen molar-refractivity contribution in [2.75, 3.05) is 13.7 Å². The molecule has 0 spiro atoms. The molecule has 4 heteroatoms. The number of aromatic nitrogens is 1. The molecule has 4 nitrogen and oxygen atoms in total. The number of para-hydroxylation sites is 1. The number of ether oxygens (including phenoxy) is 1. The highest BCUT2D eigenvalue weighted by Gasteiger charge is 2.69. The third-order valence-corrected chi connectivity index (χ3v) is 8.63. The summed E-state index contributed by atoms with van der Waals surface area (Å²) in [4.78, 5) is 0.